The number of rotatable bonds is 1. The van der Waals surface area contributed by atoms with Crippen LogP contribution in [-0.2, 0) is 0 Å². The second-order valence-electron chi connectivity index (χ2n) is 5.80. The van der Waals surface area contributed by atoms with Crippen molar-refractivity contribution < 1.29 is 0 Å². The summed E-state index contributed by atoms with van der Waals surface area (Å²) in [7, 11) is 0. The normalized spacial score (nSPS) is 11.7. The van der Waals surface area contributed by atoms with Crippen molar-refractivity contribution in [2.45, 2.75) is 0 Å². The van der Waals surface area contributed by atoms with Crippen molar-refractivity contribution in [1.29, 1.82) is 0 Å². The van der Waals surface area contributed by atoms with Crippen LogP contribution in [0.5, 0.6) is 0 Å². The zero-order valence-corrected chi connectivity index (χ0v) is 13.8. The molecule has 0 atom stereocenters. The second-order valence-corrected chi connectivity index (χ2v) is 6.65. The zero-order chi connectivity index (χ0) is 15.4. The highest BCUT2D eigenvalue weighted by Crippen LogP contribution is 2.40. The van der Waals surface area contributed by atoms with Gasteiger partial charge in [0.2, 0.25) is 0 Å². The van der Waals surface area contributed by atoms with E-state index in [0.717, 1.165) is 10.2 Å². The molecule has 0 bridgehead atoms. The molecule has 0 radical (unpaired) electrons. The van der Waals surface area contributed by atoms with E-state index in [4.69, 9.17) is 0 Å². The standard InChI is InChI=1S/C21H12BrN/c22-18-11-7-14-5-9-16-15(19-3-1-2-12-23-19)8-4-13-6-10-17(18)21(14)20(13)16/h1-12H. The van der Waals surface area contributed by atoms with Crippen LogP contribution in [0.25, 0.3) is 43.6 Å². The fourth-order valence-electron chi connectivity index (χ4n) is 3.51. The molecule has 5 rings (SSSR count). The summed E-state index contributed by atoms with van der Waals surface area (Å²) in [5.41, 5.74) is 2.21. The molecular weight excluding hydrogens is 346 g/mol. The number of halogens is 1. The van der Waals surface area contributed by atoms with Crippen molar-refractivity contribution in [3.05, 3.63) is 77.4 Å². The summed E-state index contributed by atoms with van der Waals surface area (Å²) in [5.74, 6) is 0. The molecule has 0 spiro atoms. The Morgan fingerprint density at radius 3 is 2.13 bits per heavy atom. The van der Waals surface area contributed by atoms with Gasteiger partial charge >= 0.3 is 0 Å². The van der Waals surface area contributed by atoms with E-state index in [9.17, 15) is 0 Å². The number of aromatic nitrogens is 1. The highest BCUT2D eigenvalue weighted by atomic mass is 79.9. The molecule has 0 saturated heterocycles. The molecule has 0 unspecified atom stereocenters. The van der Waals surface area contributed by atoms with Gasteiger partial charge in [-0.2, -0.15) is 0 Å². The Kier molecular flexibility index (Phi) is 2.70. The molecule has 1 nitrogen and oxygen atoms in total. The third-order valence-electron chi connectivity index (χ3n) is 4.55. The van der Waals surface area contributed by atoms with E-state index in [2.05, 4.69) is 75.5 Å². The Balaban J connectivity index is 2.03. The molecule has 0 aliphatic carbocycles. The lowest BCUT2D eigenvalue weighted by Gasteiger charge is -2.14. The third kappa shape index (κ3) is 1.82. The van der Waals surface area contributed by atoms with Crippen LogP contribution in [-0.4, -0.2) is 4.98 Å². The van der Waals surface area contributed by atoms with Crippen LogP contribution in [0.4, 0.5) is 0 Å². The van der Waals surface area contributed by atoms with Gasteiger partial charge in [0.25, 0.3) is 0 Å². The minimum atomic E-state index is 1.02. The van der Waals surface area contributed by atoms with Crippen LogP contribution in [0.3, 0.4) is 0 Å². The van der Waals surface area contributed by atoms with E-state index in [1.165, 1.54) is 37.9 Å². The van der Waals surface area contributed by atoms with Crippen LogP contribution in [0.1, 0.15) is 0 Å². The van der Waals surface area contributed by atoms with E-state index in [-0.39, 0.29) is 0 Å². The monoisotopic (exact) mass is 357 g/mol. The average molecular weight is 358 g/mol. The maximum atomic E-state index is 4.54. The summed E-state index contributed by atoms with van der Waals surface area (Å²) in [6.45, 7) is 0. The van der Waals surface area contributed by atoms with Crippen LogP contribution in [0, 0.1) is 0 Å². The SMILES string of the molecule is Brc1ccc2ccc3c(-c4ccccn4)ccc4ccc1c2c43. The van der Waals surface area contributed by atoms with Crippen molar-refractivity contribution in [2.24, 2.45) is 0 Å². The van der Waals surface area contributed by atoms with E-state index < -0.39 is 0 Å². The van der Waals surface area contributed by atoms with Gasteiger partial charge in [0, 0.05) is 16.2 Å². The van der Waals surface area contributed by atoms with Crippen molar-refractivity contribution in [3.8, 4) is 11.3 Å². The van der Waals surface area contributed by atoms with Gasteiger partial charge in [0.15, 0.2) is 0 Å². The lowest BCUT2D eigenvalue weighted by Crippen LogP contribution is -1.89. The van der Waals surface area contributed by atoms with Crippen LogP contribution >= 0.6 is 15.9 Å². The zero-order valence-electron chi connectivity index (χ0n) is 12.3. The Labute approximate surface area is 142 Å². The van der Waals surface area contributed by atoms with Crippen molar-refractivity contribution in [1.82, 2.24) is 4.98 Å². The van der Waals surface area contributed by atoms with Crippen LogP contribution < -0.4 is 0 Å². The average Bonchev–Trinajstić information content (AvgIpc) is 2.62. The van der Waals surface area contributed by atoms with Crippen LogP contribution in [0.2, 0.25) is 0 Å². The molecule has 4 aromatic carbocycles. The predicted octanol–water partition coefficient (Wildman–Crippen LogP) is 6.41. The maximum absolute atomic E-state index is 4.54. The maximum Gasteiger partial charge on any atom is 0.0708 e. The van der Waals surface area contributed by atoms with Gasteiger partial charge in [-0.15, -0.1) is 0 Å². The molecule has 108 valence electrons. The summed E-state index contributed by atoms with van der Waals surface area (Å²) in [5, 5.41) is 7.73. The highest BCUT2D eigenvalue weighted by molar-refractivity contribution is 9.10. The van der Waals surface area contributed by atoms with Crippen LogP contribution in [0.15, 0.2) is 77.4 Å². The summed E-state index contributed by atoms with van der Waals surface area (Å²) >= 11 is 3.69. The van der Waals surface area contributed by atoms with E-state index in [1.807, 2.05) is 18.3 Å². The van der Waals surface area contributed by atoms with E-state index >= 15 is 0 Å². The van der Waals surface area contributed by atoms with Crippen molar-refractivity contribution >= 4 is 48.2 Å². The molecule has 0 aliphatic heterocycles. The van der Waals surface area contributed by atoms with E-state index in [1.54, 1.807) is 0 Å². The smallest absolute Gasteiger partial charge is 0.0708 e. The molecule has 0 N–H and O–H groups in total. The minimum Gasteiger partial charge on any atom is -0.256 e. The minimum absolute atomic E-state index is 1.02. The van der Waals surface area contributed by atoms with Gasteiger partial charge in [-0.25, -0.2) is 0 Å². The largest absolute Gasteiger partial charge is 0.256 e. The van der Waals surface area contributed by atoms with Gasteiger partial charge in [0.05, 0.1) is 5.69 Å². The van der Waals surface area contributed by atoms with Crippen molar-refractivity contribution in [2.75, 3.05) is 0 Å². The summed E-state index contributed by atoms with van der Waals surface area (Å²) in [6.07, 6.45) is 1.85. The van der Waals surface area contributed by atoms with Gasteiger partial charge in [-0.05, 0) is 50.5 Å². The quantitative estimate of drug-likeness (QED) is 0.316. The Morgan fingerprint density at radius 1 is 0.652 bits per heavy atom. The van der Waals surface area contributed by atoms with E-state index in [0.29, 0.717) is 0 Å². The molecule has 0 fully saturated rings. The number of hydrogen-bond donors (Lipinski definition) is 0. The van der Waals surface area contributed by atoms with Gasteiger partial charge in [-0.3, -0.25) is 4.98 Å². The Hall–Kier alpha value is -2.45. The number of nitrogens with zero attached hydrogens (tertiary/aromatic N) is 1. The Morgan fingerprint density at radius 2 is 1.35 bits per heavy atom. The first-order valence-electron chi connectivity index (χ1n) is 7.60. The summed E-state index contributed by atoms with van der Waals surface area (Å²) < 4.78 is 1.14. The number of benzene rings is 4. The molecular formula is C21H12BrN. The first-order valence-corrected chi connectivity index (χ1v) is 8.40. The summed E-state index contributed by atoms with van der Waals surface area (Å²) in [4.78, 5) is 4.54. The number of hydrogen-bond acceptors (Lipinski definition) is 1. The molecule has 1 heterocycles. The topological polar surface area (TPSA) is 12.9 Å². The van der Waals surface area contributed by atoms with Gasteiger partial charge in [-0.1, -0.05) is 64.5 Å². The van der Waals surface area contributed by atoms with Gasteiger partial charge < -0.3 is 0 Å². The molecule has 0 amide bonds. The third-order valence-corrected chi connectivity index (χ3v) is 5.24. The summed E-state index contributed by atoms with van der Waals surface area (Å²) in [6, 6.07) is 23.6. The number of pyridine rings is 1. The van der Waals surface area contributed by atoms with Gasteiger partial charge in [0.1, 0.15) is 0 Å². The first-order chi connectivity index (χ1) is 11.3. The molecule has 23 heavy (non-hydrogen) atoms. The molecule has 5 aromatic rings. The second kappa shape index (κ2) is 4.77. The molecule has 0 aliphatic rings. The lowest BCUT2D eigenvalue weighted by molar-refractivity contribution is 1.33. The van der Waals surface area contributed by atoms with Crippen molar-refractivity contribution in [3.63, 3.8) is 0 Å². The first kappa shape index (κ1) is 13.0. The Bertz CT molecular complexity index is 1160. The fraction of sp³-hybridized carbons (Fsp3) is 0. The lowest BCUT2D eigenvalue weighted by atomic mass is 9.91. The fourth-order valence-corrected chi connectivity index (χ4v) is 3.97. The molecule has 2 heteroatoms. The molecule has 1 aromatic heterocycles. The predicted molar refractivity (Wildman–Crippen MR) is 101 cm³/mol. The highest BCUT2D eigenvalue weighted by Gasteiger charge is 2.13. The molecule has 0 saturated carbocycles.